The van der Waals surface area contributed by atoms with Crippen LogP contribution in [-0.4, -0.2) is 11.0 Å². The number of carbonyl (C=O) groups excluding carboxylic acids is 1. The van der Waals surface area contributed by atoms with Crippen LogP contribution in [0, 0.1) is 10.5 Å². The standard InChI is InChI=1S/C17H17IN2OS/c1-3-12-10-14(18)8-9-15(12)19-17(22)20-16(21)13-6-4-11(2)5-7-13/h4-10H,3H2,1-2H3,(H2,19,20,21,22). The summed E-state index contributed by atoms with van der Waals surface area (Å²) in [5, 5.41) is 6.11. The Bertz CT molecular complexity index is 698. The molecule has 2 aromatic carbocycles. The van der Waals surface area contributed by atoms with Gasteiger partial charge in [-0.3, -0.25) is 10.1 Å². The number of benzene rings is 2. The fourth-order valence-electron chi connectivity index (χ4n) is 2.01. The molecular weight excluding hydrogens is 407 g/mol. The summed E-state index contributed by atoms with van der Waals surface area (Å²) in [5.41, 5.74) is 3.80. The van der Waals surface area contributed by atoms with Gasteiger partial charge in [0, 0.05) is 14.8 Å². The molecule has 1 amide bonds. The van der Waals surface area contributed by atoms with Gasteiger partial charge in [0.05, 0.1) is 0 Å². The third-order valence-corrected chi connectivity index (χ3v) is 4.11. The molecule has 22 heavy (non-hydrogen) atoms. The highest BCUT2D eigenvalue weighted by atomic mass is 127. The van der Waals surface area contributed by atoms with E-state index in [1.807, 2.05) is 31.2 Å². The van der Waals surface area contributed by atoms with Gasteiger partial charge in [0.15, 0.2) is 5.11 Å². The van der Waals surface area contributed by atoms with Crippen LogP contribution in [0.3, 0.4) is 0 Å². The van der Waals surface area contributed by atoms with Crippen LogP contribution in [0.25, 0.3) is 0 Å². The van der Waals surface area contributed by atoms with Crippen molar-refractivity contribution in [1.82, 2.24) is 5.32 Å². The fourth-order valence-corrected chi connectivity index (χ4v) is 2.77. The first-order valence-electron chi connectivity index (χ1n) is 6.97. The molecule has 0 radical (unpaired) electrons. The first-order valence-corrected chi connectivity index (χ1v) is 8.45. The van der Waals surface area contributed by atoms with Crippen LogP contribution in [0.2, 0.25) is 0 Å². The Morgan fingerprint density at radius 1 is 1.18 bits per heavy atom. The largest absolute Gasteiger partial charge is 0.332 e. The average molecular weight is 424 g/mol. The van der Waals surface area contributed by atoms with Gasteiger partial charge in [-0.05, 0) is 84.0 Å². The summed E-state index contributed by atoms with van der Waals surface area (Å²) in [7, 11) is 0. The molecule has 2 aromatic rings. The molecule has 0 saturated carbocycles. The van der Waals surface area contributed by atoms with Crippen LogP contribution in [0.4, 0.5) is 5.69 Å². The molecule has 2 N–H and O–H groups in total. The quantitative estimate of drug-likeness (QED) is 0.571. The zero-order chi connectivity index (χ0) is 16.1. The number of rotatable bonds is 3. The maximum atomic E-state index is 12.1. The van der Waals surface area contributed by atoms with Crippen molar-refractivity contribution >= 4 is 51.5 Å². The van der Waals surface area contributed by atoms with Crippen LogP contribution in [0.15, 0.2) is 42.5 Å². The van der Waals surface area contributed by atoms with Crippen LogP contribution in [0.5, 0.6) is 0 Å². The van der Waals surface area contributed by atoms with E-state index in [0.29, 0.717) is 10.7 Å². The van der Waals surface area contributed by atoms with E-state index in [1.165, 1.54) is 9.13 Å². The van der Waals surface area contributed by atoms with E-state index in [2.05, 4.69) is 46.2 Å². The maximum absolute atomic E-state index is 12.1. The number of hydrogen-bond acceptors (Lipinski definition) is 2. The second-order valence-corrected chi connectivity index (χ2v) is 6.58. The highest BCUT2D eigenvalue weighted by molar-refractivity contribution is 14.1. The molecule has 2 rings (SSSR count). The van der Waals surface area contributed by atoms with Gasteiger partial charge in [0.25, 0.3) is 5.91 Å². The van der Waals surface area contributed by atoms with Crippen molar-refractivity contribution in [1.29, 1.82) is 0 Å². The molecule has 0 heterocycles. The highest BCUT2D eigenvalue weighted by Crippen LogP contribution is 2.19. The minimum absolute atomic E-state index is 0.207. The van der Waals surface area contributed by atoms with Crippen molar-refractivity contribution in [3.63, 3.8) is 0 Å². The molecule has 0 fully saturated rings. The summed E-state index contributed by atoms with van der Waals surface area (Å²) >= 11 is 7.51. The fraction of sp³-hybridized carbons (Fsp3) is 0.176. The lowest BCUT2D eigenvalue weighted by molar-refractivity contribution is 0.0977. The Labute approximate surface area is 149 Å². The molecule has 0 unspecified atom stereocenters. The molecule has 114 valence electrons. The van der Waals surface area contributed by atoms with Gasteiger partial charge in [0.2, 0.25) is 0 Å². The molecule has 0 bridgehead atoms. The van der Waals surface area contributed by atoms with Gasteiger partial charge in [-0.1, -0.05) is 24.6 Å². The van der Waals surface area contributed by atoms with Crippen molar-refractivity contribution < 1.29 is 4.79 Å². The van der Waals surface area contributed by atoms with E-state index in [4.69, 9.17) is 12.2 Å². The number of carbonyl (C=O) groups is 1. The Morgan fingerprint density at radius 2 is 1.86 bits per heavy atom. The van der Waals surface area contributed by atoms with Gasteiger partial charge >= 0.3 is 0 Å². The zero-order valence-electron chi connectivity index (χ0n) is 12.4. The van der Waals surface area contributed by atoms with Crippen molar-refractivity contribution in [2.24, 2.45) is 0 Å². The number of hydrogen-bond donors (Lipinski definition) is 2. The first kappa shape index (κ1) is 16.9. The highest BCUT2D eigenvalue weighted by Gasteiger charge is 2.09. The lowest BCUT2D eigenvalue weighted by atomic mass is 10.1. The summed E-state index contributed by atoms with van der Waals surface area (Å²) in [6.45, 7) is 4.07. The van der Waals surface area contributed by atoms with Gasteiger partial charge in [0.1, 0.15) is 0 Å². The lowest BCUT2D eigenvalue weighted by Gasteiger charge is -2.13. The van der Waals surface area contributed by atoms with E-state index in [-0.39, 0.29) is 5.91 Å². The smallest absolute Gasteiger partial charge is 0.257 e. The van der Waals surface area contributed by atoms with Gasteiger partial charge in [-0.2, -0.15) is 0 Å². The molecule has 0 aliphatic heterocycles. The Kier molecular flexibility index (Phi) is 5.90. The van der Waals surface area contributed by atoms with Crippen molar-refractivity contribution in [3.05, 3.63) is 62.7 Å². The lowest BCUT2D eigenvalue weighted by Crippen LogP contribution is -2.34. The van der Waals surface area contributed by atoms with Crippen LogP contribution in [-0.2, 0) is 6.42 Å². The van der Waals surface area contributed by atoms with E-state index in [0.717, 1.165) is 17.7 Å². The topological polar surface area (TPSA) is 41.1 Å². The number of amides is 1. The summed E-state index contributed by atoms with van der Waals surface area (Å²) < 4.78 is 1.18. The Balaban J connectivity index is 2.04. The van der Waals surface area contributed by atoms with Gasteiger partial charge in [-0.25, -0.2) is 0 Å². The average Bonchev–Trinajstić information content (AvgIpc) is 2.49. The monoisotopic (exact) mass is 424 g/mol. The van der Waals surface area contributed by atoms with Crippen LogP contribution >= 0.6 is 34.8 Å². The first-order chi connectivity index (χ1) is 10.5. The predicted molar refractivity (Wildman–Crippen MR) is 103 cm³/mol. The summed E-state index contributed by atoms with van der Waals surface area (Å²) in [4.78, 5) is 12.1. The minimum Gasteiger partial charge on any atom is -0.332 e. The Hall–Kier alpha value is -1.47. The van der Waals surface area contributed by atoms with E-state index in [9.17, 15) is 4.79 Å². The summed E-state index contributed by atoms with van der Waals surface area (Å²) in [6, 6.07) is 13.5. The minimum atomic E-state index is -0.207. The molecule has 0 aliphatic rings. The number of anilines is 1. The molecule has 3 nitrogen and oxygen atoms in total. The summed E-state index contributed by atoms with van der Waals surface area (Å²) in [6.07, 6.45) is 0.897. The molecule has 0 spiro atoms. The number of halogens is 1. The predicted octanol–water partition coefficient (Wildman–Crippen LogP) is 4.29. The molecule has 5 heteroatoms. The molecule has 0 aromatic heterocycles. The normalized spacial score (nSPS) is 10.1. The third-order valence-electron chi connectivity index (χ3n) is 3.24. The van der Waals surface area contributed by atoms with Crippen LogP contribution in [0.1, 0.15) is 28.4 Å². The van der Waals surface area contributed by atoms with E-state index >= 15 is 0 Å². The van der Waals surface area contributed by atoms with Gasteiger partial charge < -0.3 is 5.32 Å². The second-order valence-electron chi connectivity index (χ2n) is 4.93. The number of nitrogens with one attached hydrogen (secondary N) is 2. The zero-order valence-corrected chi connectivity index (χ0v) is 15.4. The molecule has 0 atom stereocenters. The maximum Gasteiger partial charge on any atom is 0.257 e. The van der Waals surface area contributed by atoms with E-state index in [1.54, 1.807) is 12.1 Å². The summed E-state index contributed by atoms with van der Waals surface area (Å²) in [5.74, 6) is -0.207. The van der Waals surface area contributed by atoms with E-state index < -0.39 is 0 Å². The SMILES string of the molecule is CCc1cc(I)ccc1NC(=S)NC(=O)c1ccc(C)cc1. The molecule has 0 saturated heterocycles. The second kappa shape index (κ2) is 7.69. The van der Waals surface area contributed by atoms with Crippen LogP contribution < -0.4 is 10.6 Å². The molecular formula is C17H17IN2OS. The van der Waals surface area contributed by atoms with Crippen molar-refractivity contribution in [2.75, 3.05) is 5.32 Å². The van der Waals surface area contributed by atoms with Crippen molar-refractivity contribution in [3.8, 4) is 0 Å². The molecule has 0 aliphatic carbocycles. The number of thiocarbonyl (C=S) groups is 1. The Morgan fingerprint density at radius 3 is 2.50 bits per heavy atom. The third kappa shape index (κ3) is 4.51. The van der Waals surface area contributed by atoms with Gasteiger partial charge in [-0.15, -0.1) is 0 Å². The van der Waals surface area contributed by atoms with Crippen molar-refractivity contribution in [2.45, 2.75) is 20.3 Å². The number of aryl methyl sites for hydroxylation is 2.